The Kier molecular flexibility index (Phi) is 12.3. The molecule has 1 unspecified atom stereocenters. The third-order valence-corrected chi connectivity index (χ3v) is 8.10. The van der Waals surface area contributed by atoms with E-state index in [2.05, 4.69) is 48.5 Å². The molecule has 6 rings (SSSR count). The number of benzene rings is 5. The minimum atomic E-state index is -0.693. The van der Waals surface area contributed by atoms with Crippen LogP contribution in [0.15, 0.2) is 152 Å². The van der Waals surface area contributed by atoms with Crippen LogP contribution < -0.4 is 0 Å². The molecule has 0 bridgehead atoms. The van der Waals surface area contributed by atoms with E-state index in [1.54, 1.807) is 0 Å². The Hall–Kier alpha value is -4.14. The molecule has 6 heteroatoms. The van der Waals surface area contributed by atoms with Crippen molar-refractivity contribution in [3.05, 3.63) is 179 Å². The molecule has 1 heterocycles. The molecule has 5 aromatic carbocycles. The second kappa shape index (κ2) is 17.7. The molecule has 6 nitrogen and oxygen atoms in total. The maximum Gasteiger partial charge on any atom is 0.187 e. The lowest BCUT2D eigenvalue weighted by atomic mass is 10.0. The summed E-state index contributed by atoms with van der Waals surface area (Å²) in [4.78, 5) is 0. The largest absolute Gasteiger partial charge is 0.374 e. The second-order valence-corrected chi connectivity index (χ2v) is 11.6. The summed E-state index contributed by atoms with van der Waals surface area (Å²) in [6.45, 7) is 2.30. The van der Waals surface area contributed by atoms with E-state index in [1.165, 1.54) is 0 Å². The molecule has 1 aliphatic rings. The van der Waals surface area contributed by atoms with Crippen LogP contribution in [-0.4, -0.2) is 37.3 Å². The fourth-order valence-electron chi connectivity index (χ4n) is 5.62. The Labute approximate surface area is 277 Å². The van der Waals surface area contributed by atoms with E-state index in [0.717, 1.165) is 27.8 Å². The fourth-order valence-corrected chi connectivity index (χ4v) is 5.62. The van der Waals surface area contributed by atoms with Crippen LogP contribution in [0.1, 0.15) is 27.8 Å². The van der Waals surface area contributed by atoms with E-state index in [1.807, 2.05) is 103 Å². The summed E-state index contributed by atoms with van der Waals surface area (Å²) < 4.78 is 39.5. The summed E-state index contributed by atoms with van der Waals surface area (Å²) in [5.74, 6) is 0. The van der Waals surface area contributed by atoms with E-state index in [-0.39, 0.29) is 0 Å². The van der Waals surface area contributed by atoms with Crippen molar-refractivity contribution < 1.29 is 28.4 Å². The molecule has 1 saturated heterocycles. The van der Waals surface area contributed by atoms with Gasteiger partial charge in [0, 0.05) is 0 Å². The van der Waals surface area contributed by atoms with Crippen LogP contribution in [0.3, 0.4) is 0 Å². The molecule has 0 radical (unpaired) electrons. The lowest BCUT2D eigenvalue weighted by molar-refractivity contribution is -0.202. The van der Waals surface area contributed by atoms with Gasteiger partial charge in [-0.2, -0.15) is 0 Å². The molecular formula is C41H42O6. The number of hydrogen-bond donors (Lipinski definition) is 0. The van der Waals surface area contributed by atoms with Crippen molar-refractivity contribution in [1.82, 2.24) is 0 Å². The smallest absolute Gasteiger partial charge is 0.187 e. The normalized spacial score (nSPS) is 19.8. The highest BCUT2D eigenvalue weighted by molar-refractivity contribution is 5.17. The number of rotatable bonds is 17. The minimum Gasteiger partial charge on any atom is -0.374 e. The number of ether oxygens (including phenoxy) is 6. The standard InChI is InChI=1S/C41H42O6/c1-6-16-32(17-7-1)26-42-31-37(43-27-33-18-8-2-9-19-33)38-39(44-28-34-20-10-3-11-21-34)40(45-29-35-22-12-4-13-23-35)41(47-38)46-30-36-24-14-5-15-25-36/h1-25,37-41H,26-31H2/t37?,38-,39-,40+,41+/m0/s1. The van der Waals surface area contributed by atoms with Crippen molar-refractivity contribution in [2.75, 3.05) is 6.61 Å². The van der Waals surface area contributed by atoms with Gasteiger partial charge in [-0.15, -0.1) is 0 Å². The van der Waals surface area contributed by atoms with E-state index >= 15 is 0 Å². The van der Waals surface area contributed by atoms with Crippen LogP contribution in [0.4, 0.5) is 0 Å². The molecular weight excluding hydrogens is 588 g/mol. The molecule has 5 atom stereocenters. The Bertz CT molecular complexity index is 1550. The average Bonchev–Trinajstić information content (AvgIpc) is 3.49. The minimum absolute atomic E-state index is 0.300. The van der Waals surface area contributed by atoms with Crippen molar-refractivity contribution in [2.24, 2.45) is 0 Å². The predicted molar refractivity (Wildman–Crippen MR) is 181 cm³/mol. The van der Waals surface area contributed by atoms with Gasteiger partial charge < -0.3 is 28.4 Å². The first-order valence-electron chi connectivity index (χ1n) is 16.2. The molecule has 0 aromatic heterocycles. The van der Waals surface area contributed by atoms with Crippen molar-refractivity contribution >= 4 is 0 Å². The van der Waals surface area contributed by atoms with Crippen molar-refractivity contribution in [3.63, 3.8) is 0 Å². The highest BCUT2D eigenvalue weighted by Gasteiger charge is 2.50. The van der Waals surface area contributed by atoms with Crippen LogP contribution in [0, 0.1) is 0 Å². The van der Waals surface area contributed by atoms with Gasteiger partial charge in [0.15, 0.2) is 6.29 Å². The molecule has 1 fully saturated rings. The highest BCUT2D eigenvalue weighted by Crippen LogP contribution is 2.33. The SMILES string of the molecule is c1ccc(COCC(OCc2ccccc2)[C@@H]2O[C@@H](OCc3ccccc3)[C@H](OCc3ccccc3)[C@H]2OCc2ccccc2)cc1. The van der Waals surface area contributed by atoms with Gasteiger partial charge in [0.05, 0.1) is 39.6 Å². The summed E-state index contributed by atoms with van der Waals surface area (Å²) >= 11 is 0. The van der Waals surface area contributed by atoms with Crippen molar-refractivity contribution in [3.8, 4) is 0 Å². The zero-order valence-electron chi connectivity index (χ0n) is 26.5. The number of hydrogen-bond acceptors (Lipinski definition) is 6. The monoisotopic (exact) mass is 630 g/mol. The molecule has 242 valence electrons. The van der Waals surface area contributed by atoms with Crippen LogP contribution in [-0.2, 0) is 61.5 Å². The van der Waals surface area contributed by atoms with E-state index in [9.17, 15) is 0 Å². The third kappa shape index (κ3) is 9.92. The molecule has 0 amide bonds. The van der Waals surface area contributed by atoms with Gasteiger partial charge in [-0.25, -0.2) is 0 Å². The van der Waals surface area contributed by atoms with Gasteiger partial charge in [0.1, 0.15) is 24.4 Å². The predicted octanol–water partition coefficient (Wildman–Crippen LogP) is 7.90. The van der Waals surface area contributed by atoms with Gasteiger partial charge in [-0.3, -0.25) is 0 Å². The van der Waals surface area contributed by atoms with Gasteiger partial charge in [0.25, 0.3) is 0 Å². The summed E-state index contributed by atoms with van der Waals surface area (Å²) in [6, 6.07) is 50.6. The molecule has 0 spiro atoms. The topological polar surface area (TPSA) is 55.4 Å². The first-order chi connectivity index (χ1) is 23.3. The molecule has 0 N–H and O–H groups in total. The van der Waals surface area contributed by atoms with E-state index < -0.39 is 30.7 Å². The summed E-state index contributed by atoms with van der Waals surface area (Å²) in [5.41, 5.74) is 5.32. The van der Waals surface area contributed by atoms with Crippen molar-refractivity contribution in [2.45, 2.75) is 63.7 Å². The maximum absolute atomic E-state index is 6.76. The summed E-state index contributed by atoms with van der Waals surface area (Å²) in [5, 5.41) is 0. The molecule has 47 heavy (non-hydrogen) atoms. The van der Waals surface area contributed by atoms with Gasteiger partial charge in [-0.05, 0) is 27.8 Å². The van der Waals surface area contributed by atoms with Crippen molar-refractivity contribution in [1.29, 1.82) is 0 Å². The first kappa shape index (κ1) is 32.8. The van der Waals surface area contributed by atoms with Gasteiger partial charge >= 0.3 is 0 Å². The molecule has 0 aliphatic carbocycles. The first-order valence-corrected chi connectivity index (χ1v) is 16.2. The lowest BCUT2D eigenvalue weighted by Gasteiger charge is -2.29. The Balaban J connectivity index is 1.26. The molecule has 0 saturated carbocycles. The average molecular weight is 631 g/mol. The van der Waals surface area contributed by atoms with E-state index in [0.29, 0.717) is 39.6 Å². The third-order valence-electron chi connectivity index (χ3n) is 8.10. The van der Waals surface area contributed by atoms with Crippen LogP contribution in [0.2, 0.25) is 0 Å². The Morgan fingerprint density at radius 1 is 0.426 bits per heavy atom. The summed E-state index contributed by atoms with van der Waals surface area (Å²) in [6.07, 6.45) is -2.71. The zero-order valence-corrected chi connectivity index (χ0v) is 26.5. The van der Waals surface area contributed by atoms with Gasteiger partial charge in [-0.1, -0.05) is 152 Å². The lowest BCUT2D eigenvalue weighted by Crippen LogP contribution is -2.45. The van der Waals surface area contributed by atoms with E-state index in [4.69, 9.17) is 28.4 Å². The highest BCUT2D eigenvalue weighted by atomic mass is 16.7. The molecule has 5 aromatic rings. The zero-order chi connectivity index (χ0) is 31.9. The quantitative estimate of drug-likeness (QED) is 0.104. The second-order valence-electron chi connectivity index (χ2n) is 11.6. The van der Waals surface area contributed by atoms with Crippen LogP contribution in [0.5, 0.6) is 0 Å². The Morgan fingerprint density at radius 3 is 1.28 bits per heavy atom. The van der Waals surface area contributed by atoms with Crippen LogP contribution in [0.25, 0.3) is 0 Å². The molecule has 1 aliphatic heterocycles. The Morgan fingerprint density at radius 2 is 0.809 bits per heavy atom. The maximum atomic E-state index is 6.76. The van der Waals surface area contributed by atoms with Gasteiger partial charge in [0.2, 0.25) is 0 Å². The summed E-state index contributed by atoms with van der Waals surface area (Å²) in [7, 11) is 0. The fraction of sp³-hybridized carbons (Fsp3) is 0.268. The van der Waals surface area contributed by atoms with Crippen LogP contribution >= 0.6 is 0 Å².